The first-order valence-corrected chi connectivity index (χ1v) is 6.92. The van der Waals surface area contributed by atoms with Gasteiger partial charge in [-0.15, -0.1) is 0 Å². The number of nitrogens with two attached hydrogens (primary N) is 1. The molecular formula is C16H20N2. The van der Waals surface area contributed by atoms with Gasteiger partial charge in [0, 0.05) is 22.7 Å². The monoisotopic (exact) mass is 240 g/mol. The van der Waals surface area contributed by atoms with E-state index in [1.165, 1.54) is 43.4 Å². The normalized spacial score (nSPS) is 17.2. The third kappa shape index (κ3) is 1.86. The summed E-state index contributed by atoms with van der Waals surface area (Å²) in [7, 11) is 0. The van der Waals surface area contributed by atoms with Crippen molar-refractivity contribution < 1.29 is 0 Å². The smallest absolute Gasteiger partial charge is 0.0726 e. The summed E-state index contributed by atoms with van der Waals surface area (Å²) < 4.78 is 0. The molecule has 1 saturated carbocycles. The van der Waals surface area contributed by atoms with Gasteiger partial charge in [0.2, 0.25) is 0 Å². The number of anilines is 1. The van der Waals surface area contributed by atoms with Crippen LogP contribution in [0, 0.1) is 6.92 Å². The van der Waals surface area contributed by atoms with E-state index in [-0.39, 0.29) is 0 Å². The molecule has 2 nitrogen and oxygen atoms in total. The minimum Gasteiger partial charge on any atom is -0.398 e. The highest BCUT2D eigenvalue weighted by molar-refractivity contribution is 5.92. The second-order valence-electron chi connectivity index (χ2n) is 5.39. The SMILES string of the molecule is Cc1c(C2CCCCC2)nc2ccccc2c1N. The lowest BCUT2D eigenvalue weighted by atomic mass is 9.84. The Morgan fingerprint density at radius 3 is 2.61 bits per heavy atom. The molecule has 0 bridgehead atoms. The van der Waals surface area contributed by atoms with Crippen LogP contribution in [0.2, 0.25) is 0 Å². The lowest BCUT2D eigenvalue weighted by molar-refractivity contribution is 0.436. The lowest BCUT2D eigenvalue weighted by Gasteiger charge is -2.23. The minimum atomic E-state index is 0.616. The van der Waals surface area contributed by atoms with E-state index < -0.39 is 0 Å². The lowest BCUT2D eigenvalue weighted by Crippen LogP contribution is -2.10. The molecule has 0 amide bonds. The first-order valence-electron chi connectivity index (χ1n) is 6.92. The Kier molecular flexibility index (Phi) is 2.94. The van der Waals surface area contributed by atoms with Crippen molar-refractivity contribution in [2.75, 3.05) is 5.73 Å². The van der Waals surface area contributed by atoms with Crippen LogP contribution < -0.4 is 5.73 Å². The molecule has 1 aromatic carbocycles. The number of fused-ring (bicyclic) bond motifs is 1. The molecule has 94 valence electrons. The van der Waals surface area contributed by atoms with Crippen LogP contribution in [-0.4, -0.2) is 4.98 Å². The van der Waals surface area contributed by atoms with Crippen molar-refractivity contribution in [2.45, 2.75) is 44.9 Å². The predicted octanol–water partition coefficient (Wildman–Crippen LogP) is 4.17. The van der Waals surface area contributed by atoms with Gasteiger partial charge in [-0.3, -0.25) is 4.98 Å². The molecule has 1 fully saturated rings. The van der Waals surface area contributed by atoms with Gasteiger partial charge in [0.15, 0.2) is 0 Å². The maximum absolute atomic E-state index is 6.29. The highest BCUT2D eigenvalue weighted by Gasteiger charge is 2.20. The Balaban J connectivity index is 2.14. The Morgan fingerprint density at radius 2 is 1.83 bits per heavy atom. The van der Waals surface area contributed by atoms with E-state index in [1.807, 2.05) is 12.1 Å². The van der Waals surface area contributed by atoms with Crippen LogP contribution >= 0.6 is 0 Å². The van der Waals surface area contributed by atoms with Crippen molar-refractivity contribution in [3.63, 3.8) is 0 Å². The highest BCUT2D eigenvalue weighted by atomic mass is 14.7. The molecule has 1 heterocycles. The maximum atomic E-state index is 6.29. The van der Waals surface area contributed by atoms with Crippen molar-refractivity contribution in [3.8, 4) is 0 Å². The second kappa shape index (κ2) is 4.60. The van der Waals surface area contributed by atoms with E-state index in [0.717, 1.165) is 16.6 Å². The standard InChI is InChI=1S/C16H20N2/c1-11-15(17)13-9-5-6-10-14(13)18-16(11)12-7-3-2-4-8-12/h5-6,9-10,12H,2-4,7-8H2,1H3,(H2,17,18). The molecule has 1 aliphatic rings. The predicted molar refractivity (Wildman–Crippen MR) is 76.7 cm³/mol. The van der Waals surface area contributed by atoms with Crippen LogP contribution in [0.25, 0.3) is 10.9 Å². The van der Waals surface area contributed by atoms with Crippen LogP contribution in [0.5, 0.6) is 0 Å². The van der Waals surface area contributed by atoms with Gasteiger partial charge < -0.3 is 5.73 Å². The van der Waals surface area contributed by atoms with Crippen LogP contribution in [0.1, 0.15) is 49.3 Å². The summed E-state index contributed by atoms with van der Waals surface area (Å²) in [5.41, 5.74) is 10.7. The summed E-state index contributed by atoms with van der Waals surface area (Å²) >= 11 is 0. The first-order chi connectivity index (χ1) is 8.77. The van der Waals surface area contributed by atoms with Gasteiger partial charge in [-0.05, 0) is 31.4 Å². The fraction of sp³-hybridized carbons (Fsp3) is 0.438. The largest absolute Gasteiger partial charge is 0.398 e. The summed E-state index contributed by atoms with van der Waals surface area (Å²) in [6.07, 6.45) is 6.58. The molecular weight excluding hydrogens is 220 g/mol. The molecule has 2 heteroatoms. The molecule has 3 rings (SSSR count). The number of nitrogens with zero attached hydrogens (tertiary/aromatic N) is 1. The van der Waals surface area contributed by atoms with Gasteiger partial charge in [-0.25, -0.2) is 0 Å². The zero-order valence-electron chi connectivity index (χ0n) is 10.9. The number of nitrogen functional groups attached to an aromatic ring is 1. The number of pyridine rings is 1. The van der Waals surface area contributed by atoms with Gasteiger partial charge >= 0.3 is 0 Å². The van der Waals surface area contributed by atoms with Gasteiger partial charge in [0.25, 0.3) is 0 Å². The molecule has 0 aliphatic heterocycles. The van der Waals surface area contributed by atoms with Crippen molar-refractivity contribution in [2.24, 2.45) is 0 Å². The van der Waals surface area contributed by atoms with Gasteiger partial charge in [-0.1, -0.05) is 37.5 Å². The molecule has 2 aromatic rings. The molecule has 0 unspecified atom stereocenters. The quantitative estimate of drug-likeness (QED) is 0.812. The molecule has 0 saturated heterocycles. The van der Waals surface area contributed by atoms with E-state index in [4.69, 9.17) is 10.7 Å². The zero-order valence-corrected chi connectivity index (χ0v) is 10.9. The molecule has 18 heavy (non-hydrogen) atoms. The molecule has 1 aliphatic carbocycles. The summed E-state index contributed by atoms with van der Waals surface area (Å²) in [4.78, 5) is 4.88. The molecule has 1 aromatic heterocycles. The Labute approximate surface area is 108 Å². The average Bonchev–Trinajstić information content (AvgIpc) is 2.44. The summed E-state index contributed by atoms with van der Waals surface area (Å²) in [6.45, 7) is 2.12. The summed E-state index contributed by atoms with van der Waals surface area (Å²) in [5, 5.41) is 1.09. The van der Waals surface area contributed by atoms with E-state index in [0.29, 0.717) is 5.92 Å². The van der Waals surface area contributed by atoms with Gasteiger partial charge in [0.05, 0.1) is 5.52 Å². The minimum absolute atomic E-state index is 0.616. The van der Waals surface area contributed by atoms with E-state index >= 15 is 0 Å². The summed E-state index contributed by atoms with van der Waals surface area (Å²) in [6, 6.07) is 8.20. The Morgan fingerprint density at radius 1 is 1.11 bits per heavy atom. The van der Waals surface area contributed by atoms with Crippen LogP contribution in [0.4, 0.5) is 5.69 Å². The topological polar surface area (TPSA) is 38.9 Å². The fourth-order valence-electron chi connectivity index (χ4n) is 3.13. The molecule has 0 radical (unpaired) electrons. The van der Waals surface area contributed by atoms with Gasteiger partial charge in [-0.2, -0.15) is 0 Å². The molecule has 0 spiro atoms. The molecule has 2 N–H and O–H groups in total. The second-order valence-corrected chi connectivity index (χ2v) is 5.39. The number of rotatable bonds is 1. The fourth-order valence-corrected chi connectivity index (χ4v) is 3.13. The van der Waals surface area contributed by atoms with Crippen molar-refractivity contribution in [3.05, 3.63) is 35.5 Å². The first kappa shape index (κ1) is 11.5. The number of hydrogen-bond acceptors (Lipinski definition) is 2. The molecule has 0 atom stereocenters. The van der Waals surface area contributed by atoms with Crippen molar-refractivity contribution in [1.82, 2.24) is 4.98 Å². The van der Waals surface area contributed by atoms with Crippen molar-refractivity contribution in [1.29, 1.82) is 0 Å². The number of para-hydroxylation sites is 1. The van der Waals surface area contributed by atoms with Crippen LogP contribution in [0.3, 0.4) is 0 Å². The highest BCUT2D eigenvalue weighted by Crippen LogP contribution is 2.36. The van der Waals surface area contributed by atoms with Crippen molar-refractivity contribution >= 4 is 16.6 Å². The summed E-state index contributed by atoms with van der Waals surface area (Å²) in [5.74, 6) is 0.616. The maximum Gasteiger partial charge on any atom is 0.0726 e. The van der Waals surface area contributed by atoms with E-state index in [2.05, 4.69) is 19.1 Å². The Hall–Kier alpha value is -1.57. The Bertz CT molecular complexity index is 569. The zero-order chi connectivity index (χ0) is 12.5. The number of hydrogen-bond donors (Lipinski definition) is 1. The van der Waals surface area contributed by atoms with E-state index in [9.17, 15) is 0 Å². The number of aromatic nitrogens is 1. The average molecular weight is 240 g/mol. The van der Waals surface area contributed by atoms with Crippen LogP contribution in [0.15, 0.2) is 24.3 Å². The third-order valence-electron chi connectivity index (χ3n) is 4.22. The van der Waals surface area contributed by atoms with Crippen LogP contribution in [-0.2, 0) is 0 Å². The number of benzene rings is 1. The van der Waals surface area contributed by atoms with E-state index in [1.54, 1.807) is 0 Å². The third-order valence-corrected chi connectivity index (χ3v) is 4.22. The van der Waals surface area contributed by atoms with Gasteiger partial charge in [0.1, 0.15) is 0 Å².